The predicted octanol–water partition coefficient (Wildman–Crippen LogP) is 1.67. The van der Waals surface area contributed by atoms with Crippen molar-refractivity contribution in [2.24, 2.45) is 0 Å². The number of carbonyl (C=O) groups excluding carboxylic acids is 3. The first-order valence-corrected chi connectivity index (χ1v) is 5.14. The molecular weight excluding hydrogens is 246 g/mol. The smallest absolute Gasteiger partial charge is 0.375 e. The van der Waals surface area contributed by atoms with Gasteiger partial charge in [-0.15, -0.1) is 0 Å². The molecule has 0 amide bonds. The monoisotopic (exact) mass is 256 g/mol. The summed E-state index contributed by atoms with van der Waals surface area (Å²) < 4.78 is 30.8. The van der Waals surface area contributed by atoms with E-state index in [0.717, 1.165) is 18.2 Å². The van der Waals surface area contributed by atoms with Gasteiger partial charge in [-0.25, -0.2) is 13.6 Å². The second-order valence-electron chi connectivity index (χ2n) is 3.34. The maximum Gasteiger partial charge on any atom is 0.375 e. The third kappa shape index (κ3) is 3.19. The molecule has 0 saturated heterocycles. The lowest BCUT2D eigenvalue weighted by Crippen LogP contribution is -2.21. The van der Waals surface area contributed by atoms with E-state index >= 15 is 0 Å². The van der Waals surface area contributed by atoms with Crippen molar-refractivity contribution >= 4 is 17.5 Å². The average molecular weight is 256 g/mol. The van der Waals surface area contributed by atoms with E-state index in [1.807, 2.05) is 0 Å². The molecule has 0 saturated carbocycles. The molecule has 0 unspecified atom stereocenters. The highest BCUT2D eigenvalue weighted by Crippen LogP contribution is 2.14. The molecule has 0 radical (unpaired) electrons. The molecule has 0 aliphatic carbocycles. The number of hydrogen-bond acceptors (Lipinski definition) is 4. The number of ketones is 2. The molecule has 1 rings (SSSR count). The molecule has 96 valence electrons. The molecule has 0 fully saturated rings. The summed E-state index contributed by atoms with van der Waals surface area (Å²) in [7, 11) is 0. The Morgan fingerprint density at radius 2 is 1.72 bits per heavy atom. The summed E-state index contributed by atoms with van der Waals surface area (Å²) in [6, 6.07) is 2.88. The van der Waals surface area contributed by atoms with Crippen molar-refractivity contribution < 1.29 is 27.9 Å². The third-order valence-electron chi connectivity index (χ3n) is 2.07. The number of esters is 1. The molecular formula is C12H10F2O4. The molecule has 0 aliphatic heterocycles. The highest BCUT2D eigenvalue weighted by molar-refractivity contribution is 6.38. The molecule has 0 aliphatic rings. The van der Waals surface area contributed by atoms with Crippen LogP contribution in [0.5, 0.6) is 0 Å². The molecule has 1 aromatic rings. The number of carbonyl (C=O) groups is 3. The lowest BCUT2D eigenvalue weighted by atomic mass is 10.0. The van der Waals surface area contributed by atoms with E-state index in [4.69, 9.17) is 0 Å². The van der Waals surface area contributed by atoms with Crippen molar-refractivity contribution in [3.8, 4) is 0 Å². The maximum absolute atomic E-state index is 13.2. The van der Waals surface area contributed by atoms with Crippen LogP contribution in [0.3, 0.4) is 0 Å². The SMILES string of the molecule is CCOC(=O)C(=O)CC(=O)c1c(F)cccc1F. The Balaban J connectivity index is 2.83. The minimum absolute atomic E-state index is 0.0210. The fourth-order valence-electron chi connectivity index (χ4n) is 1.28. The van der Waals surface area contributed by atoms with Crippen molar-refractivity contribution in [3.05, 3.63) is 35.4 Å². The Morgan fingerprint density at radius 1 is 1.17 bits per heavy atom. The zero-order chi connectivity index (χ0) is 13.7. The van der Waals surface area contributed by atoms with Gasteiger partial charge in [-0.05, 0) is 19.1 Å². The highest BCUT2D eigenvalue weighted by Gasteiger charge is 2.24. The van der Waals surface area contributed by atoms with Gasteiger partial charge in [-0.1, -0.05) is 6.07 Å². The number of ether oxygens (including phenoxy) is 1. The summed E-state index contributed by atoms with van der Waals surface area (Å²) in [5.41, 5.74) is -0.824. The Labute approximate surface area is 102 Å². The molecule has 4 nitrogen and oxygen atoms in total. The van der Waals surface area contributed by atoms with Crippen LogP contribution in [0.15, 0.2) is 18.2 Å². The van der Waals surface area contributed by atoms with Crippen molar-refractivity contribution in [3.63, 3.8) is 0 Å². The third-order valence-corrected chi connectivity index (χ3v) is 2.07. The Kier molecular flexibility index (Phi) is 4.65. The van der Waals surface area contributed by atoms with E-state index in [-0.39, 0.29) is 6.61 Å². The number of hydrogen-bond donors (Lipinski definition) is 0. The molecule has 0 N–H and O–H groups in total. The summed E-state index contributed by atoms with van der Waals surface area (Å²) in [4.78, 5) is 33.7. The molecule has 0 aromatic heterocycles. The Morgan fingerprint density at radius 3 is 2.22 bits per heavy atom. The predicted molar refractivity (Wildman–Crippen MR) is 56.9 cm³/mol. The van der Waals surface area contributed by atoms with Gasteiger partial charge >= 0.3 is 5.97 Å². The largest absolute Gasteiger partial charge is 0.460 e. The summed E-state index contributed by atoms with van der Waals surface area (Å²) in [6.45, 7) is 1.47. The van der Waals surface area contributed by atoms with Gasteiger partial charge in [-0.2, -0.15) is 0 Å². The first-order valence-electron chi connectivity index (χ1n) is 5.14. The second kappa shape index (κ2) is 6.00. The van der Waals surface area contributed by atoms with E-state index in [0.29, 0.717) is 0 Å². The molecule has 0 bridgehead atoms. The van der Waals surface area contributed by atoms with Gasteiger partial charge in [-0.3, -0.25) is 9.59 Å². The highest BCUT2D eigenvalue weighted by atomic mass is 19.1. The topological polar surface area (TPSA) is 60.4 Å². The minimum Gasteiger partial charge on any atom is -0.460 e. The lowest BCUT2D eigenvalue weighted by Gasteiger charge is -2.03. The van der Waals surface area contributed by atoms with Gasteiger partial charge < -0.3 is 4.74 Å². The van der Waals surface area contributed by atoms with Gasteiger partial charge in [0.2, 0.25) is 5.78 Å². The molecule has 1 aromatic carbocycles. The van der Waals surface area contributed by atoms with Crippen LogP contribution in [-0.4, -0.2) is 24.1 Å². The van der Waals surface area contributed by atoms with Crippen LogP contribution in [0.1, 0.15) is 23.7 Å². The van der Waals surface area contributed by atoms with Crippen LogP contribution in [-0.2, 0) is 14.3 Å². The van der Waals surface area contributed by atoms with Crippen molar-refractivity contribution in [1.29, 1.82) is 0 Å². The van der Waals surface area contributed by atoms with E-state index < -0.39 is 41.2 Å². The first-order chi connectivity index (χ1) is 8.47. The van der Waals surface area contributed by atoms with Gasteiger partial charge in [0.25, 0.3) is 0 Å². The number of halogens is 2. The Bertz CT molecular complexity index is 477. The molecule has 0 spiro atoms. The number of rotatable bonds is 5. The standard InChI is InChI=1S/C12H10F2O4/c1-2-18-12(17)10(16)6-9(15)11-7(13)4-3-5-8(11)14/h3-5H,2,6H2,1H3. The Hall–Kier alpha value is -2.11. The average Bonchev–Trinajstić information content (AvgIpc) is 2.28. The minimum atomic E-state index is -1.19. The molecule has 18 heavy (non-hydrogen) atoms. The zero-order valence-electron chi connectivity index (χ0n) is 9.54. The van der Waals surface area contributed by atoms with Gasteiger partial charge in [0, 0.05) is 0 Å². The van der Waals surface area contributed by atoms with Crippen LogP contribution in [0, 0.1) is 11.6 Å². The first kappa shape index (κ1) is 14.0. The summed E-state index contributed by atoms with van der Waals surface area (Å²) >= 11 is 0. The molecule has 6 heteroatoms. The van der Waals surface area contributed by atoms with Crippen LogP contribution < -0.4 is 0 Å². The zero-order valence-corrected chi connectivity index (χ0v) is 9.54. The van der Waals surface area contributed by atoms with Crippen molar-refractivity contribution in [1.82, 2.24) is 0 Å². The van der Waals surface area contributed by atoms with E-state index in [1.54, 1.807) is 0 Å². The molecule has 0 heterocycles. The van der Waals surface area contributed by atoms with Crippen LogP contribution in [0.2, 0.25) is 0 Å². The van der Waals surface area contributed by atoms with Crippen molar-refractivity contribution in [2.45, 2.75) is 13.3 Å². The quantitative estimate of drug-likeness (QED) is 0.348. The maximum atomic E-state index is 13.2. The van der Waals surface area contributed by atoms with Crippen molar-refractivity contribution in [2.75, 3.05) is 6.61 Å². The van der Waals surface area contributed by atoms with Crippen LogP contribution in [0.25, 0.3) is 0 Å². The van der Waals surface area contributed by atoms with E-state index in [9.17, 15) is 23.2 Å². The summed E-state index contributed by atoms with van der Waals surface area (Å²) in [6.07, 6.45) is -0.920. The number of Topliss-reactive ketones (excluding diaryl/α,β-unsaturated/α-hetero) is 2. The lowest BCUT2D eigenvalue weighted by molar-refractivity contribution is -0.153. The van der Waals surface area contributed by atoms with Gasteiger partial charge in [0.1, 0.15) is 11.6 Å². The molecule has 0 atom stereocenters. The summed E-state index contributed by atoms with van der Waals surface area (Å²) in [5.74, 6) is -5.57. The van der Waals surface area contributed by atoms with Crippen LogP contribution in [0.4, 0.5) is 8.78 Å². The van der Waals surface area contributed by atoms with Gasteiger partial charge in [0.05, 0.1) is 18.6 Å². The fraction of sp³-hybridized carbons (Fsp3) is 0.250. The van der Waals surface area contributed by atoms with Crippen LogP contribution >= 0.6 is 0 Å². The van der Waals surface area contributed by atoms with E-state index in [1.165, 1.54) is 6.92 Å². The second-order valence-corrected chi connectivity index (χ2v) is 3.34. The normalized spacial score (nSPS) is 9.94. The summed E-state index contributed by atoms with van der Waals surface area (Å²) in [5, 5.41) is 0. The van der Waals surface area contributed by atoms with Gasteiger partial charge in [0.15, 0.2) is 5.78 Å². The fourth-order valence-corrected chi connectivity index (χ4v) is 1.28. The number of benzene rings is 1. The van der Waals surface area contributed by atoms with E-state index in [2.05, 4.69) is 4.74 Å².